The number of ether oxygens (including phenoxy) is 1. The molecule has 0 spiro atoms. The molecule has 1 aromatic carbocycles. The number of hydrogen-bond acceptors (Lipinski definition) is 3. The molecule has 0 aliphatic heterocycles. The lowest BCUT2D eigenvalue weighted by atomic mass is 9.62. The summed E-state index contributed by atoms with van der Waals surface area (Å²) in [6, 6.07) is 10.0. The quantitative estimate of drug-likeness (QED) is 0.780. The van der Waals surface area contributed by atoms with Crippen LogP contribution in [0.2, 0.25) is 0 Å². The average Bonchev–Trinajstić information content (AvgIpc) is 2.54. The minimum absolute atomic E-state index is 0.172. The van der Waals surface area contributed by atoms with E-state index in [4.69, 9.17) is 4.74 Å². The fourth-order valence-corrected chi connectivity index (χ4v) is 3.65. The molecular formula is C19H22O3. The first-order chi connectivity index (χ1) is 10.7. The van der Waals surface area contributed by atoms with Crippen molar-refractivity contribution in [3.8, 4) is 0 Å². The van der Waals surface area contributed by atoms with Crippen LogP contribution in [0.15, 0.2) is 42.0 Å². The molecule has 1 saturated carbocycles. The molecule has 0 N–H and O–H groups in total. The topological polar surface area (TPSA) is 43.4 Å². The maximum atomic E-state index is 12.5. The van der Waals surface area contributed by atoms with Gasteiger partial charge in [-0.2, -0.15) is 0 Å². The Bertz CT molecular complexity index is 588. The summed E-state index contributed by atoms with van der Waals surface area (Å²) < 4.78 is 5.78. The van der Waals surface area contributed by atoms with E-state index in [2.05, 4.69) is 0 Å². The minimum atomic E-state index is -0.414. The molecule has 1 fully saturated rings. The van der Waals surface area contributed by atoms with E-state index in [1.807, 2.05) is 30.3 Å². The summed E-state index contributed by atoms with van der Waals surface area (Å²) in [5.41, 5.74) is 1.79. The molecule has 22 heavy (non-hydrogen) atoms. The van der Waals surface area contributed by atoms with Gasteiger partial charge in [-0.05, 0) is 37.3 Å². The maximum absolute atomic E-state index is 12.5. The number of allylic oxidation sites excluding steroid dienone is 2. The van der Waals surface area contributed by atoms with Crippen molar-refractivity contribution >= 4 is 11.6 Å². The highest BCUT2D eigenvalue weighted by Crippen LogP contribution is 2.47. The summed E-state index contributed by atoms with van der Waals surface area (Å²) in [6.07, 6.45) is 6.01. The molecule has 0 saturated heterocycles. The number of carbonyl (C=O) groups excluding carboxylic acids is 2. The van der Waals surface area contributed by atoms with Crippen LogP contribution in [0.1, 0.15) is 44.1 Å². The molecule has 1 atom stereocenters. The standard InChI is InChI=1S/C19H22O3/c20-17-9-10-19(16(13-17)7-4-8-18(19)21)11-12-22-14-15-5-2-1-3-6-15/h1-3,5-6,13H,4,7-12,14H2/t19-/m1/s1. The molecule has 2 aliphatic carbocycles. The van der Waals surface area contributed by atoms with Crippen molar-refractivity contribution < 1.29 is 14.3 Å². The van der Waals surface area contributed by atoms with Crippen LogP contribution in [0.5, 0.6) is 0 Å². The van der Waals surface area contributed by atoms with Gasteiger partial charge in [-0.1, -0.05) is 35.9 Å². The third kappa shape index (κ3) is 3.05. The smallest absolute Gasteiger partial charge is 0.155 e. The van der Waals surface area contributed by atoms with Gasteiger partial charge < -0.3 is 4.74 Å². The Kier molecular flexibility index (Phi) is 4.53. The third-order valence-electron chi connectivity index (χ3n) is 4.92. The lowest BCUT2D eigenvalue weighted by Crippen LogP contribution is -2.40. The lowest BCUT2D eigenvalue weighted by Gasteiger charge is -2.40. The van der Waals surface area contributed by atoms with Crippen LogP contribution >= 0.6 is 0 Å². The van der Waals surface area contributed by atoms with Gasteiger partial charge >= 0.3 is 0 Å². The van der Waals surface area contributed by atoms with Gasteiger partial charge in [-0.25, -0.2) is 0 Å². The van der Waals surface area contributed by atoms with Gasteiger partial charge in [-0.3, -0.25) is 9.59 Å². The highest BCUT2D eigenvalue weighted by atomic mass is 16.5. The number of Topliss-reactive ketones (excluding diaryl/α,β-unsaturated/α-hetero) is 1. The van der Waals surface area contributed by atoms with Gasteiger partial charge in [0.2, 0.25) is 0 Å². The molecule has 2 aliphatic rings. The van der Waals surface area contributed by atoms with Gasteiger partial charge in [0.15, 0.2) is 5.78 Å². The van der Waals surface area contributed by atoms with E-state index in [0.717, 1.165) is 24.0 Å². The number of carbonyl (C=O) groups is 2. The molecule has 0 heterocycles. The Hall–Kier alpha value is -1.74. The molecule has 1 aromatic rings. The fraction of sp³-hybridized carbons (Fsp3) is 0.474. The Labute approximate surface area is 131 Å². The maximum Gasteiger partial charge on any atom is 0.155 e. The molecule has 0 unspecified atom stereocenters. The van der Waals surface area contributed by atoms with E-state index in [0.29, 0.717) is 44.7 Å². The van der Waals surface area contributed by atoms with Crippen LogP contribution < -0.4 is 0 Å². The second kappa shape index (κ2) is 6.57. The van der Waals surface area contributed by atoms with Crippen molar-refractivity contribution in [3.63, 3.8) is 0 Å². The van der Waals surface area contributed by atoms with Gasteiger partial charge in [-0.15, -0.1) is 0 Å². The largest absolute Gasteiger partial charge is 0.377 e. The predicted molar refractivity (Wildman–Crippen MR) is 84.3 cm³/mol. The number of ketones is 2. The molecule has 0 aromatic heterocycles. The normalized spacial score (nSPS) is 24.8. The zero-order valence-corrected chi connectivity index (χ0v) is 12.8. The Morgan fingerprint density at radius 2 is 1.86 bits per heavy atom. The summed E-state index contributed by atoms with van der Waals surface area (Å²) in [6.45, 7) is 1.13. The van der Waals surface area contributed by atoms with E-state index in [1.165, 1.54) is 0 Å². The van der Waals surface area contributed by atoms with Crippen molar-refractivity contribution in [2.75, 3.05) is 6.61 Å². The van der Waals surface area contributed by atoms with Crippen molar-refractivity contribution in [3.05, 3.63) is 47.5 Å². The first kappa shape index (κ1) is 15.2. The zero-order chi connectivity index (χ0) is 15.4. The van der Waals surface area contributed by atoms with Crippen LogP contribution in [-0.4, -0.2) is 18.2 Å². The number of rotatable bonds is 5. The van der Waals surface area contributed by atoms with E-state index in [-0.39, 0.29) is 5.78 Å². The molecule has 3 nitrogen and oxygen atoms in total. The number of fused-ring (bicyclic) bond motifs is 1. The van der Waals surface area contributed by atoms with Crippen molar-refractivity contribution in [2.24, 2.45) is 5.41 Å². The minimum Gasteiger partial charge on any atom is -0.377 e. The summed E-state index contributed by atoms with van der Waals surface area (Å²) >= 11 is 0. The van der Waals surface area contributed by atoms with Gasteiger partial charge in [0.05, 0.1) is 12.0 Å². The highest BCUT2D eigenvalue weighted by Gasteiger charge is 2.45. The van der Waals surface area contributed by atoms with Crippen LogP contribution in [0.4, 0.5) is 0 Å². The molecule has 0 amide bonds. The molecule has 116 valence electrons. The molecule has 0 radical (unpaired) electrons. The molecular weight excluding hydrogens is 276 g/mol. The third-order valence-corrected chi connectivity index (χ3v) is 4.92. The average molecular weight is 298 g/mol. The van der Waals surface area contributed by atoms with Crippen LogP contribution in [-0.2, 0) is 20.9 Å². The Morgan fingerprint density at radius 3 is 2.68 bits per heavy atom. The second-order valence-corrected chi connectivity index (χ2v) is 6.28. The zero-order valence-electron chi connectivity index (χ0n) is 12.8. The van der Waals surface area contributed by atoms with Gasteiger partial charge in [0, 0.05) is 19.4 Å². The predicted octanol–water partition coefficient (Wildman–Crippen LogP) is 3.62. The van der Waals surface area contributed by atoms with Crippen molar-refractivity contribution in [2.45, 2.75) is 45.1 Å². The SMILES string of the molecule is O=C1C=C2CCCC(=O)[C@@]2(CCOCc2ccccc2)CC1. The Morgan fingerprint density at radius 1 is 1.05 bits per heavy atom. The van der Waals surface area contributed by atoms with Gasteiger partial charge in [0.25, 0.3) is 0 Å². The number of hydrogen-bond donors (Lipinski definition) is 0. The van der Waals surface area contributed by atoms with E-state index >= 15 is 0 Å². The summed E-state index contributed by atoms with van der Waals surface area (Å²) in [5.74, 6) is 0.478. The molecule has 3 rings (SSSR count). The van der Waals surface area contributed by atoms with E-state index in [9.17, 15) is 9.59 Å². The van der Waals surface area contributed by atoms with Crippen molar-refractivity contribution in [1.29, 1.82) is 0 Å². The van der Waals surface area contributed by atoms with Gasteiger partial charge in [0.1, 0.15) is 5.78 Å². The van der Waals surface area contributed by atoms with Crippen molar-refractivity contribution in [1.82, 2.24) is 0 Å². The Balaban J connectivity index is 1.62. The monoisotopic (exact) mass is 298 g/mol. The number of benzene rings is 1. The van der Waals surface area contributed by atoms with E-state index < -0.39 is 5.41 Å². The van der Waals surface area contributed by atoms with Crippen LogP contribution in [0, 0.1) is 5.41 Å². The first-order valence-corrected chi connectivity index (χ1v) is 8.09. The van der Waals surface area contributed by atoms with E-state index in [1.54, 1.807) is 6.08 Å². The second-order valence-electron chi connectivity index (χ2n) is 6.28. The summed E-state index contributed by atoms with van der Waals surface area (Å²) in [4.78, 5) is 24.2. The fourth-order valence-electron chi connectivity index (χ4n) is 3.65. The highest BCUT2D eigenvalue weighted by molar-refractivity contribution is 5.97. The first-order valence-electron chi connectivity index (χ1n) is 8.09. The lowest BCUT2D eigenvalue weighted by molar-refractivity contribution is -0.131. The summed E-state index contributed by atoms with van der Waals surface area (Å²) in [5, 5.41) is 0. The van der Waals surface area contributed by atoms with Crippen LogP contribution in [0.3, 0.4) is 0 Å². The van der Waals surface area contributed by atoms with Crippen LogP contribution in [0.25, 0.3) is 0 Å². The summed E-state index contributed by atoms with van der Waals surface area (Å²) in [7, 11) is 0. The molecule has 3 heteroatoms. The molecule has 0 bridgehead atoms.